The number of halogens is 1. The quantitative estimate of drug-likeness (QED) is 0.439. The van der Waals surface area contributed by atoms with Crippen molar-refractivity contribution in [3.63, 3.8) is 0 Å². The van der Waals surface area contributed by atoms with E-state index in [2.05, 4.69) is 10.3 Å². The topological polar surface area (TPSA) is 110 Å². The van der Waals surface area contributed by atoms with Gasteiger partial charge in [0, 0.05) is 47.4 Å². The van der Waals surface area contributed by atoms with E-state index in [4.69, 9.17) is 25.8 Å². The van der Waals surface area contributed by atoms with Crippen LogP contribution in [-0.2, 0) is 11.2 Å². The van der Waals surface area contributed by atoms with Crippen LogP contribution in [0.25, 0.3) is 10.9 Å². The minimum atomic E-state index is -1.69. The first-order valence-corrected chi connectivity index (χ1v) is 11.6. The molecule has 3 aromatic rings. The van der Waals surface area contributed by atoms with Crippen molar-refractivity contribution in [3.8, 4) is 23.0 Å². The number of aromatic hydroxyl groups is 1. The van der Waals surface area contributed by atoms with Gasteiger partial charge < -0.3 is 29.6 Å². The first-order chi connectivity index (χ1) is 16.8. The number of aromatic nitrogens is 1. The number of ether oxygens (including phenoxy) is 3. The number of rotatable bonds is 6. The number of allylic oxidation sites excluding steroid dienone is 1. The standard InChI is InChI=1S/C26H25ClN2O6/c1-13-8-15(28-7-6-14-12-29-18-5-4-16(30)10-17(14)18)9-21(31)26(13)25(32)22-19(33-2)11-20(34-3)23(27)24(22)35-26/h4-5,9-13,28-30H,6-8H2,1-3H3. The summed E-state index contributed by atoms with van der Waals surface area (Å²) in [6.45, 7) is 2.39. The fourth-order valence-corrected chi connectivity index (χ4v) is 5.25. The van der Waals surface area contributed by atoms with Gasteiger partial charge in [0.2, 0.25) is 17.2 Å². The molecule has 1 spiro atoms. The van der Waals surface area contributed by atoms with Gasteiger partial charge in [0.1, 0.15) is 27.8 Å². The van der Waals surface area contributed by atoms with Gasteiger partial charge >= 0.3 is 0 Å². The monoisotopic (exact) mass is 496 g/mol. The van der Waals surface area contributed by atoms with Crippen molar-refractivity contribution in [1.82, 2.24) is 10.3 Å². The molecule has 2 atom stereocenters. The number of phenols is 1. The minimum Gasteiger partial charge on any atom is -0.508 e. The van der Waals surface area contributed by atoms with Crippen molar-refractivity contribution in [2.75, 3.05) is 20.8 Å². The van der Waals surface area contributed by atoms with Gasteiger partial charge in [-0.2, -0.15) is 0 Å². The fourth-order valence-electron chi connectivity index (χ4n) is 4.98. The predicted molar refractivity (Wildman–Crippen MR) is 131 cm³/mol. The molecule has 35 heavy (non-hydrogen) atoms. The van der Waals surface area contributed by atoms with Crippen LogP contribution in [0.5, 0.6) is 23.0 Å². The van der Waals surface area contributed by atoms with Gasteiger partial charge in [-0.1, -0.05) is 18.5 Å². The largest absolute Gasteiger partial charge is 0.508 e. The first kappa shape index (κ1) is 23.1. The van der Waals surface area contributed by atoms with Gasteiger partial charge in [-0.25, -0.2) is 0 Å². The van der Waals surface area contributed by atoms with Crippen LogP contribution < -0.4 is 19.5 Å². The summed E-state index contributed by atoms with van der Waals surface area (Å²) in [7, 11) is 2.89. The van der Waals surface area contributed by atoms with Gasteiger partial charge in [0.05, 0.1) is 14.2 Å². The molecule has 0 saturated carbocycles. The zero-order valence-electron chi connectivity index (χ0n) is 19.5. The van der Waals surface area contributed by atoms with Crippen molar-refractivity contribution in [3.05, 3.63) is 58.4 Å². The molecular formula is C26H25ClN2O6. The summed E-state index contributed by atoms with van der Waals surface area (Å²) >= 11 is 6.43. The Kier molecular flexibility index (Phi) is 5.63. The molecule has 0 saturated heterocycles. The number of fused-ring (bicyclic) bond motifs is 2. The van der Waals surface area contributed by atoms with Gasteiger partial charge in [-0.15, -0.1) is 0 Å². The van der Waals surface area contributed by atoms with Crippen LogP contribution in [0.1, 0.15) is 29.3 Å². The lowest BCUT2D eigenvalue weighted by Gasteiger charge is -2.35. The number of phenolic OH excluding ortho intramolecular Hbond substituents is 1. The number of hydrogen-bond acceptors (Lipinski definition) is 7. The summed E-state index contributed by atoms with van der Waals surface area (Å²) in [5.74, 6) is -0.469. The molecule has 0 radical (unpaired) electrons. The maximum Gasteiger partial charge on any atom is 0.236 e. The molecule has 182 valence electrons. The minimum absolute atomic E-state index is 0.112. The molecule has 9 heteroatoms. The van der Waals surface area contributed by atoms with E-state index in [1.807, 2.05) is 19.2 Å². The molecular weight excluding hydrogens is 472 g/mol. The molecule has 1 aromatic heterocycles. The Morgan fingerprint density at radius 1 is 1.23 bits per heavy atom. The van der Waals surface area contributed by atoms with Crippen LogP contribution in [0, 0.1) is 5.92 Å². The third-order valence-corrected chi connectivity index (χ3v) is 7.17. The molecule has 0 fully saturated rings. The molecule has 2 unspecified atom stereocenters. The van der Waals surface area contributed by atoms with Crippen molar-refractivity contribution in [2.24, 2.45) is 5.92 Å². The molecule has 2 aromatic carbocycles. The Balaban J connectivity index is 1.36. The summed E-state index contributed by atoms with van der Waals surface area (Å²) in [6, 6.07) is 6.72. The van der Waals surface area contributed by atoms with E-state index in [-0.39, 0.29) is 27.8 Å². The van der Waals surface area contributed by atoms with Gasteiger partial charge in [-0.05, 0) is 36.6 Å². The number of aromatic amines is 1. The Bertz CT molecular complexity index is 1390. The fraction of sp³-hybridized carbons (Fsp3) is 0.308. The Morgan fingerprint density at radius 2 is 2.00 bits per heavy atom. The highest BCUT2D eigenvalue weighted by atomic mass is 35.5. The van der Waals surface area contributed by atoms with E-state index in [1.165, 1.54) is 26.4 Å². The highest BCUT2D eigenvalue weighted by Gasteiger charge is 2.60. The number of carbonyl (C=O) groups is 2. The summed E-state index contributed by atoms with van der Waals surface area (Å²) < 4.78 is 16.7. The van der Waals surface area contributed by atoms with E-state index in [9.17, 15) is 14.7 Å². The van der Waals surface area contributed by atoms with Crippen LogP contribution in [0.2, 0.25) is 5.02 Å². The highest BCUT2D eigenvalue weighted by molar-refractivity contribution is 6.36. The van der Waals surface area contributed by atoms with E-state index < -0.39 is 23.1 Å². The maximum atomic E-state index is 13.6. The van der Waals surface area contributed by atoms with Crippen molar-refractivity contribution in [1.29, 1.82) is 0 Å². The molecule has 1 aliphatic carbocycles. The smallest absolute Gasteiger partial charge is 0.236 e. The second-order valence-corrected chi connectivity index (χ2v) is 9.20. The number of carbonyl (C=O) groups excluding carboxylic acids is 2. The zero-order chi connectivity index (χ0) is 24.9. The number of methoxy groups -OCH3 is 2. The molecule has 3 N–H and O–H groups in total. The van der Waals surface area contributed by atoms with Crippen molar-refractivity contribution >= 4 is 34.1 Å². The normalized spacial score (nSPS) is 21.1. The summed E-state index contributed by atoms with van der Waals surface area (Å²) in [5.41, 5.74) is 1.20. The molecule has 1 aliphatic heterocycles. The van der Waals surface area contributed by atoms with E-state index in [1.54, 1.807) is 12.1 Å². The van der Waals surface area contributed by atoms with Crippen LogP contribution in [0.3, 0.4) is 0 Å². The van der Waals surface area contributed by atoms with Crippen LogP contribution >= 0.6 is 11.6 Å². The zero-order valence-corrected chi connectivity index (χ0v) is 20.3. The van der Waals surface area contributed by atoms with Crippen molar-refractivity contribution in [2.45, 2.75) is 25.4 Å². The molecule has 5 rings (SSSR count). The number of nitrogens with one attached hydrogen (secondary N) is 2. The average molecular weight is 497 g/mol. The molecule has 8 nitrogen and oxygen atoms in total. The lowest BCUT2D eigenvalue weighted by Crippen LogP contribution is -2.55. The van der Waals surface area contributed by atoms with Crippen LogP contribution in [0.4, 0.5) is 0 Å². The van der Waals surface area contributed by atoms with Gasteiger partial charge in [-0.3, -0.25) is 9.59 Å². The van der Waals surface area contributed by atoms with E-state index in [0.29, 0.717) is 25.1 Å². The molecule has 2 aliphatic rings. The third kappa shape index (κ3) is 3.51. The number of H-pyrrole nitrogens is 1. The summed E-state index contributed by atoms with van der Waals surface area (Å²) in [5, 5.41) is 14.2. The highest BCUT2D eigenvalue weighted by Crippen LogP contribution is 2.52. The van der Waals surface area contributed by atoms with Crippen molar-refractivity contribution < 1.29 is 28.9 Å². The van der Waals surface area contributed by atoms with Crippen LogP contribution in [0.15, 0.2) is 42.2 Å². The predicted octanol–water partition coefficient (Wildman–Crippen LogP) is 4.18. The first-order valence-electron chi connectivity index (χ1n) is 11.3. The Labute approximate surface area is 206 Å². The second-order valence-electron chi connectivity index (χ2n) is 8.83. The van der Waals surface area contributed by atoms with E-state index >= 15 is 0 Å². The Hall–Kier alpha value is -3.65. The number of Topliss-reactive ketones (excluding diaryl/α,β-unsaturated/α-hetero) is 1. The SMILES string of the molecule is COc1cc(OC)c2c(c1Cl)OC1(C(=O)C=C(NCCc3c[nH]c4ccc(O)cc34)CC1C)C2=O. The molecule has 0 amide bonds. The maximum absolute atomic E-state index is 13.6. The molecule has 0 bridgehead atoms. The lowest BCUT2D eigenvalue weighted by molar-refractivity contribution is -0.129. The number of hydrogen-bond donors (Lipinski definition) is 3. The van der Waals surface area contributed by atoms with E-state index in [0.717, 1.165) is 22.2 Å². The second kappa shape index (κ2) is 8.53. The number of benzene rings is 2. The Morgan fingerprint density at radius 3 is 2.71 bits per heavy atom. The average Bonchev–Trinajstić information content (AvgIpc) is 3.38. The molecule has 2 heterocycles. The van der Waals surface area contributed by atoms with Gasteiger partial charge in [0.25, 0.3) is 0 Å². The van der Waals surface area contributed by atoms with Gasteiger partial charge in [0.15, 0.2) is 5.75 Å². The summed E-state index contributed by atoms with van der Waals surface area (Å²) in [4.78, 5) is 30.1. The number of ketones is 2. The third-order valence-electron chi connectivity index (χ3n) is 6.81. The lowest BCUT2D eigenvalue weighted by atomic mass is 9.74. The summed E-state index contributed by atoms with van der Waals surface area (Å²) in [6.07, 6.45) is 4.49. The van der Waals surface area contributed by atoms with Crippen LogP contribution in [-0.4, -0.2) is 48.0 Å².